The molecule has 0 saturated carbocycles. The van der Waals surface area contributed by atoms with Crippen molar-refractivity contribution in [3.8, 4) is 5.75 Å². The van der Waals surface area contributed by atoms with E-state index < -0.39 is 6.10 Å². The summed E-state index contributed by atoms with van der Waals surface area (Å²) < 4.78 is 21.2. The van der Waals surface area contributed by atoms with Crippen molar-refractivity contribution in [1.29, 1.82) is 0 Å². The molecule has 1 aromatic heterocycles. The molecule has 0 aliphatic carbocycles. The number of aromatic nitrogens is 2. The van der Waals surface area contributed by atoms with E-state index in [9.17, 15) is 9.50 Å². The number of hydrogen-bond donors (Lipinski definition) is 1. The number of methoxy groups -OCH3 is 1. The number of nitrogens with zero attached hydrogens (tertiary/aromatic N) is 3. The van der Waals surface area contributed by atoms with Gasteiger partial charge in [-0.3, -0.25) is 4.90 Å². The molecule has 1 aliphatic rings. The molecule has 1 N–H and O–H groups in total. The number of likely N-dealkylation sites (tertiary alicyclic amines) is 1. The zero-order valence-electron chi connectivity index (χ0n) is 14.2. The smallest absolute Gasteiger partial charge is 0.169 e. The highest BCUT2D eigenvalue weighted by atomic mass is 19.1. The van der Waals surface area contributed by atoms with Crippen molar-refractivity contribution in [2.75, 3.05) is 20.2 Å². The number of imidazole rings is 1. The molecule has 24 heavy (non-hydrogen) atoms. The molecule has 2 aromatic rings. The molecule has 0 amide bonds. The highest BCUT2D eigenvalue weighted by molar-refractivity contribution is 5.31. The zero-order chi connectivity index (χ0) is 17.1. The number of aliphatic hydroxyl groups is 1. The van der Waals surface area contributed by atoms with E-state index >= 15 is 0 Å². The van der Waals surface area contributed by atoms with Gasteiger partial charge in [0.2, 0.25) is 0 Å². The minimum absolute atomic E-state index is 0.105. The van der Waals surface area contributed by atoms with Gasteiger partial charge in [-0.25, -0.2) is 9.37 Å². The molecule has 1 aromatic carbocycles. The van der Waals surface area contributed by atoms with E-state index in [-0.39, 0.29) is 17.5 Å². The fourth-order valence-electron chi connectivity index (χ4n) is 3.44. The molecular formula is C18H24FN3O2. The van der Waals surface area contributed by atoms with Crippen LogP contribution in [0.1, 0.15) is 30.3 Å². The van der Waals surface area contributed by atoms with Crippen molar-refractivity contribution in [2.45, 2.75) is 25.5 Å². The van der Waals surface area contributed by atoms with Crippen LogP contribution in [-0.2, 0) is 13.6 Å². The molecule has 1 fully saturated rings. The van der Waals surface area contributed by atoms with Crippen LogP contribution >= 0.6 is 0 Å². The number of rotatable bonds is 5. The molecule has 2 heterocycles. The lowest BCUT2D eigenvalue weighted by Gasteiger charge is -2.35. The first-order valence-corrected chi connectivity index (χ1v) is 8.29. The van der Waals surface area contributed by atoms with Gasteiger partial charge in [-0.1, -0.05) is 12.1 Å². The van der Waals surface area contributed by atoms with Crippen molar-refractivity contribution < 1.29 is 14.2 Å². The second-order valence-electron chi connectivity index (χ2n) is 6.41. The Morgan fingerprint density at radius 2 is 2.29 bits per heavy atom. The van der Waals surface area contributed by atoms with Gasteiger partial charge in [-0.05, 0) is 25.5 Å². The number of aliphatic hydroxyl groups excluding tert-OH is 1. The Morgan fingerprint density at radius 3 is 3.00 bits per heavy atom. The lowest BCUT2D eigenvalue weighted by Crippen LogP contribution is -2.38. The van der Waals surface area contributed by atoms with Gasteiger partial charge in [0.05, 0.1) is 7.11 Å². The largest absolute Gasteiger partial charge is 0.494 e. The van der Waals surface area contributed by atoms with Crippen LogP contribution in [0.2, 0.25) is 0 Å². The number of hydrogen-bond acceptors (Lipinski definition) is 4. The van der Waals surface area contributed by atoms with Crippen LogP contribution in [0.15, 0.2) is 30.6 Å². The monoisotopic (exact) mass is 333 g/mol. The molecule has 130 valence electrons. The van der Waals surface area contributed by atoms with Crippen molar-refractivity contribution in [1.82, 2.24) is 14.5 Å². The van der Waals surface area contributed by atoms with E-state index in [1.807, 2.05) is 17.8 Å². The Labute approximate surface area is 141 Å². The summed E-state index contributed by atoms with van der Waals surface area (Å²) in [7, 11) is 3.36. The summed E-state index contributed by atoms with van der Waals surface area (Å²) in [4.78, 5) is 6.45. The number of piperidine rings is 1. The summed E-state index contributed by atoms with van der Waals surface area (Å²) in [5.74, 6) is 0.767. The van der Waals surface area contributed by atoms with Gasteiger partial charge in [0, 0.05) is 44.0 Å². The number of benzene rings is 1. The molecule has 6 heteroatoms. The van der Waals surface area contributed by atoms with Gasteiger partial charge in [0.1, 0.15) is 11.9 Å². The van der Waals surface area contributed by atoms with Gasteiger partial charge in [-0.2, -0.15) is 0 Å². The topological polar surface area (TPSA) is 50.5 Å². The molecular weight excluding hydrogens is 309 g/mol. The van der Waals surface area contributed by atoms with Crippen LogP contribution in [0.3, 0.4) is 0 Å². The first kappa shape index (κ1) is 16.9. The molecule has 1 aliphatic heterocycles. The van der Waals surface area contributed by atoms with Crippen molar-refractivity contribution in [3.05, 3.63) is 47.8 Å². The normalized spacial score (nSPS) is 20.1. The minimum Gasteiger partial charge on any atom is -0.494 e. The van der Waals surface area contributed by atoms with E-state index in [4.69, 9.17) is 4.74 Å². The maximum absolute atomic E-state index is 14.3. The van der Waals surface area contributed by atoms with Crippen LogP contribution in [0.25, 0.3) is 0 Å². The molecule has 5 nitrogen and oxygen atoms in total. The van der Waals surface area contributed by atoms with E-state index in [1.165, 1.54) is 7.11 Å². The van der Waals surface area contributed by atoms with E-state index in [2.05, 4.69) is 9.88 Å². The predicted octanol–water partition coefficient (Wildman–Crippen LogP) is 2.51. The van der Waals surface area contributed by atoms with E-state index in [0.717, 1.165) is 25.9 Å². The fourth-order valence-corrected chi connectivity index (χ4v) is 3.44. The fraction of sp³-hybridized carbons (Fsp3) is 0.500. The second kappa shape index (κ2) is 7.32. The highest BCUT2D eigenvalue weighted by Crippen LogP contribution is 2.30. The van der Waals surface area contributed by atoms with Crippen LogP contribution in [0, 0.1) is 11.7 Å². The third-order valence-corrected chi connectivity index (χ3v) is 4.77. The summed E-state index contributed by atoms with van der Waals surface area (Å²) >= 11 is 0. The maximum atomic E-state index is 14.3. The third-order valence-electron chi connectivity index (χ3n) is 4.77. The van der Waals surface area contributed by atoms with Gasteiger partial charge in [0.25, 0.3) is 0 Å². The van der Waals surface area contributed by atoms with Gasteiger partial charge >= 0.3 is 0 Å². The molecule has 0 unspecified atom stereocenters. The van der Waals surface area contributed by atoms with Crippen LogP contribution in [-0.4, -0.2) is 39.8 Å². The molecule has 0 radical (unpaired) electrons. The average molecular weight is 333 g/mol. The number of aryl methyl sites for hydroxylation is 1. The van der Waals surface area contributed by atoms with Crippen LogP contribution < -0.4 is 4.74 Å². The second-order valence-corrected chi connectivity index (χ2v) is 6.41. The Bertz CT molecular complexity index is 689. The molecule has 3 rings (SSSR count). The summed E-state index contributed by atoms with van der Waals surface area (Å²) in [5, 5.41) is 10.6. The standard InChI is InChI=1S/C18H24FN3O2/c1-21-10-8-20-18(21)17(23)14-6-4-9-22(12-14)11-13-5-3-7-15(24-2)16(13)19/h3,5,7-8,10,14,17,23H,4,6,9,11-12H2,1-2H3/t14-,17+/m0/s1. The van der Waals surface area contributed by atoms with Gasteiger partial charge in [-0.15, -0.1) is 0 Å². The third kappa shape index (κ3) is 3.44. The summed E-state index contributed by atoms with van der Waals surface area (Å²) in [6.45, 7) is 2.15. The quantitative estimate of drug-likeness (QED) is 0.913. The van der Waals surface area contributed by atoms with Gasteiger partial charge in [0.15, 0.2) is 11.6 Å². The minimum atomic E-state index is -0.594. The molecule has 2 atom stereocenters. The van der Waals surface area contributed by atoms with Crippen molar-refractivity contribution in [2.24, 2.45) is 13.0 Å². The van der Waals surface area contributed by atoms with Crippen molar-refractivity contribution >= 4 is 0 Å². The molecule has 0 bridgehead atoms. The molecule has 0 spiro atoms. The van der Waals surface area contributed by atoms with Crippen LogP contribution in [0.4, 0.5) is 4.39 Å². The SMILES string of the molecule is COc1cccc(CN2CCC[C@H]([C@@H](O)c3nccn3C)C2)c1F. The van der Waals surface area contributed by atoms with Crippen molar-refractivity contribution in [3.63, 3.8) is 0 Å². The highest BCUT2D eigenvalue weighted by Gasteiger charge is 2.29. The summed E-state index contributed by atoms with van der Waals surface area (Å²) in [5.41, 5.74) is 0.626. The number of halogens is 1. The van der Waals surface area contributed by atoms with Gasteiger partial charge < -0.3 is 14.4 Å². The first-order chi connectivity index (χ1) is 11.6. The van der Waals surface area contributed by atoms with Crippen LogP contribution in [0.5, 0.6) is 5.75 Å². The molecule has 1 saturated heterocycles. The zero-order valence-corrected chi connectivity index (χ0v) is 14.2. The Kier molecular flexibility index (Phi) is 5.16. The maximum Gasteiger partial charge on any atom is 0.169 e. The first-order valence-electron chi connectivity index (χ1n) is 8.29. The number of ether oxygens (including phenoxy) is 1. The van der Waals surface area contributed by atoms with E-state index in [0.29, 0.717) is 17.9 Å². The lowest BCUT2D eigenvalue weighted by atomic mass is 9.91. The lowest BCUT2D eigenvalue weighted by molar-refractivity contribution is 0.0401. The summed E-state index contributed by atoms with van der Waals surface area (Å²) in [6.07, 6.45) is 4.88. The average Bonchev–Trinajstić information content (AvgIpc) is 3.02. The Hall–Kier alpha value is -1.92. The van der Waals surface area contributed by atoms with E-state index in [1.54, 1.807) is 24.4 Å². The summed E-state index contributed by atoms with van der Waals surface area (Å²) in [6, 6.07) is 5.22. The Balaban J connectivity index is 1.69. The predicted molar refractivity (Wildman–Crippen MR) is 89.1 cm³/mol. The Morgan fingerprint density at radius 1 is 1.46 bits per heavy atom.